The molecular weight excluding hydrogens is 354 g/mol. The third kappa shape index (κ3) is 4.05. The molecule has 1 aliphatic carbocycles. The number of amides is 1. The molecule has 0 saturated carbocycles. The highest BCUT2D eigenvalue weighted by Gasteiger charge is 2.29. The Hall–Kier alpha value is -2.38. The van der Waals surface area contributed by atoms with Gasteiger partial charge in [-0.25, -0.2) is 13.2 Å². The quantitative estimate of drug-likeness (QED) is 0.805. The molecule has 1 aliphatic rings. The van der Waals surface area contributed by atoms with Crippen molar-refractivity contribution in [2.24, 2.45) is 0 Å². The highest BCUT2D eigenvalue weighted by atomic mass is 32.2. The molecule has 2 aromatic carbocycles. The average Bonchev–Trinajstić information content (AvgIpc) is 2.92. The molecule has 6 nitrogen and oxygen atoms in total. The minimum Gasteiger partial charge on any atom is -0.449 e. The van der Waals surface area contributed by atoms with Crippen LogP contribution >= 0.6 is 0 Å². The molecule has 26 heavy (non-hydrogen) atoms. The van der Waals surface area contributed by atoms with Crippen molar-refractivity contribution < 1.29 is 23.1 Å². The maximum atomic E-state index is 12.0. The van der Waals surface area contributed by atoms with Gasteiger partial charge in [-0.3, -0.25) is 0 Å². The highest BCUT2D eigenvalue weighted by molar-refractivity contribution is 7.90. The Labute approximate surface area is 152 Å². The minimum atomic E-state index is -3.32. The van der Waals surface area contributed by atoms with Gasteiger partial charge in [-0.15, -0.1) is 0 Å². The van der Waals surface area contributed by atoms with E-state index < -0.39 is 28.6 Å². The molecule has 0 radical (unpaired) electrons. The second-order valence-corrected chi connectivity index (χ2v) is 8.63. The lowest BCUT2D eigenvalue weighted by molar-refractivity contribution is 0.134. The number of hydrogen-bond donors (Lipinski definition) is 2. The summed E-state index contributed by atoms with van der Waals surface area (Å²) < 4.78 is 28.0. The topological polar surface area (TPSA) is 92.7 Å². The van der Waals surface area contributed by atoms with E-state index in [1.165, 1.54) is 0 Å². The van der Waals surface area contributed by atoms with Crippen molar-refractivity contribution in [3.8, 4) is 11.1 Å². The first-order valence-corrected chi connectivity index (χ1v) is 10.3. The number of nitrogens with one attached hydrogen (secondary N) is 1. The maximum Gasteiger partial charge on any atom is 0.407 e. The molecule has 2 aromatic rings. The van der Waals surface area contributed by atoms with Gasteiger partial charge in [0, 0.05) is 12.2 Å². The SMILES string of the molecule is CS(=O)(=O)C[C@H](CO)NC(=O)OCC1c2ccccc2-c2ccccc21. The van der Waals surface area contributed by atoms with E-state index in [1.807, 2.05) is 48.5 Å². The number of benzene rings is 2. The number of aliphatic hydroxyl groups excluding tert-OH is 1. The number of carbonyl (C=O) groups excluding carboxylic acids is 1. The standard InChI is InChI=1S/C19H21NO5S/c1-26(23,24)12-13(10-21)20-19(22)25-11-18-16-8-4-2-6-14(16)15-7-3-5-9-17(15)18/h2-9,13,18,21H,10-12H2,1H3,(H,20,22)/t13-/m0/s1. The number of rotatable bonds is 6. The van der Waals surface area contributed by atoms with Crippen LogP contribution in [0.25, 0.3) is 11.1 Å². The van der Waals surface area contributed by atoms with E-state index in [2.05, 4.69) is 5.32 Å². The van der Waals surface area contributed by atoms with Gasteiger partial charge in [0.05, 0.1) is 18.4 Å². The first-order valence-electron chi connectivity index (χ1n) is 8.29. The molecule has 2 N–H and O–H groups in total. The molecule has 0 spiro atoms. The van der Waals surface area contributed by atoms with Crippen LogP contribution in [0.15, 0.2) is 48.5 Å². The van der Waals surface area contributed by atoms with Gasteiger partial charge in [-0.05, 0) is 22.3 Å². The van der Waals surface area contributed by atoms with E-state index in [0.717, 1.165) is 28.5 Å². The number of carbonyl (C=O) groups is 1. The lowest BCUT2D eigenvalue weighted by Gasteiger charge is -2.18. The van der Waals surface area contributed by atoms with Crippen molar-refractivity contribution in [2.75, 3.05) is 25.2 Å². The first kappa shape index (κ1) is 18.4. The molecule has 7 heteroatoms. The Bertz CT molecular complexity index is 864. The number of sulfone groups is 1. The molecule has 138 valence electrons. The van der Waals surface area contributed by atoms with E-state index in [-0.39, 0.29) is 18.3 Å². The van der Waals surface area contributed by atoms with E-state index in [1.54, 1.807) is 0 Å². The van der Waals surface area contributed by atoms with Gasteiger partial charge in [-0.2, -0.15) is 0 Å². The maximum absolute atomic E-state index is 12.0. The number of aliphatic hydroxyl groups is 1. The van der Waals surface area contributed by atoms with Crippen molar-refractivity contribution in [1.82, 2.24) is 5.32 Å². The molecule has 0 aliphatic heterocycles. The third-order valence-corrected chi connectivity index (χ3v) is 5.40. The lowest BCUT2D eigenvalue weighted by atomic mass is 9.98. The van der Waals surface area contributed by atoms with Crippen molar-refractivity contribution in [2.45, 2.75) is 12.0 Å². The van der Waals surface area contributed by atoms with Crippen LogP contribution < -0.4 is 5.32 Å². The second kappa shape index (κ2) is 7.47. The van der Waals surface area contributed by atoms with Gasteiger partial charge < -0.3 is 15.2 Å². The third-order valence-electron chi connectivity index (χ3n) is 4.39. The smallest absolute Gasteiger partial charge is 0.407 e. The number of hydrogen-bond acceptors (Lipinski definition) is 5. The van der Waals surface area contributed by atoms with Crippen LogP contribution in [-0.2, 0) is 14.6 Å². The molecule has 0 unspecified atom stereocenters. The van der Waals surface area contributed by atoms with Crippen molar-refractivity contribution in [1.29, 1.82) is 0 Å². The molecular formula is C19H21NO5S. The Kier molecular flexibility index (Phi) is 5.29. The predicted molar refractivity (Wildman–Crippen MR) is 98.8 cm³/mol. The van der Waals surface area contributed by atoms with Gasteiger partial charge in [0.25, 0.3) is 0 Å². The van der Waals surface area contributed by atoms with Crippen molar-refractivity contribution in [3.05, 3.63) is 59.7 Å². The largest absolute Gasteiger partial charge is 0.449 e. The number of fused-ring (bicyclic) bond motifs is 3. The number of alkyl carbamates (subject to hydrolysis) is 1. The van der Waals surface area contributed by atoms with Crippen molar-refractivity contribution >= 4 is 15.9 Å². The monoisotopic (exact) mass is 375 g/mol. The fraction of sp³-hybridized carbons (Fsp3) is 0.316. The zero-order valence-electron chi connectivity index (χ0n) is 14.4. The molecule has 3 rings (SSSR count). The summed E-state index contributed by atoms with van der Waals surface area (Å²) in [5.41, 5.74) is 4.44. The highest BCUT2D eigenvalue weighted by Crippen LogP contribution is 2.44. The Morgan fingerprint density at radius 3 is 2.15 bits per heavy atom. The van der Waals surface area contributed by atoms with E-state index in [0.29, 0.717) is 0 Å². The van der Waals surface area contributed by atoms with Gasteiger partial charge in [0.2, 0.25) is 0 Å². The van der Waals surface area contributed by atoms with E-state index in [4.69, 9.17) is 4.74 Å². The molecule has 0 aromatic heterocycles. The summed E-state index contributed by atoms with van der Waals surface area (Å²) in [5.74, 6) is -0.413. The fourth-order valence-corrected chi connectivity index (χ4v) is 4.23. The zero-order chi connectivity index (χ0) is 18.7. The molecule has 0 heterocycles. The normalized spacial score (nSPS) is 14.4. The van der Waals surface area contributed by atoms with E-state index >= 15 is 0 Å². The Morgan fingerprint density at radius 2 is 1.65 bits per heavy atom. The molecule has 1 atom stereocenters. The van der Waals surface area contributed by atoms with Crippen LogP contribution in [0.1, 0.15) is 17.0 Å². The summed E-state index contributed by atoms with van der Waals surface area (Å²) in [6.45, 7) is -0.339. The first-order chi connectivity index (χ1) is 12.4. The summed E-state index contributed by atoms with van der Waals surface area (Å²) in [7, 11) is -3.32. The van der Waals surface area contributed by atoms with Gasteiger partial charge >= 0.3 is 6.09 Å². The molecule has 0 saturated heterocycles. The minimum absolute atomic E-state index is 0.0735. The molecule has 0 fully saturated rings. The average molecular weight is 375 g/mol. The number of ether oxygens (including phenoxy) is 1. The van der Waals surface area contributed by atoms with Gasteiger partial charge in [0.15, 0.2) is 0 Å². The van der Waals surface area contributed by atoms with Crippen LogP contribution in [0, 0.1) is 0 Å². The summed E-state index contributed by atoms with van der Waals surface area (Å²) >= 11 is 0. The zero-order valence-corrected chi connectivity index (χ0v) is 15.2. The van der Waals surface area contributed by atoms with Crippen LogP contribution in [0.4, 0.5) is 4.79 Å². The van der Waals surface area contributed by atoms with Crippen LogP contribution in [-0.4, -0.2) is 50.9 Å². The van der Waals surface area contributed by atoms with Crippen molar-refractivity contribution in [3.63, 3.8) is 0 Å². The second-order valence-electron chi connectivity index (χ2n) is 6.44. The molecule has 0 bridgehead atoms. The van der Waals surface area contributed by atoms with Crippen LogP contribution in [0.3, 0.4) is 0 Å². The Morgan fingerprint density at radius 1 is 1.12 bits per heavy atom. The van der Waals surface area contributed by atoms with Crippen LogP contribution in [0.5, 0.6) is 0 Å². The summed E-state index contributed by atoms with van der Waals surface area (Å²) in [6.07, 6.45) is 0.310. The summed E-state index contributed by atoms with van der Waals surface area (Å²) in [6, 6.07) is 15.1. The summed E-state index contributed by atoms with van der Waals surface area (Å²) in [4.78, 5) is 12.0. The van der Waals surface area contributed by atoms with Gasteiger partial charge in [0.1, 0.15) is 16.4 Å². The Balaban J connectivity index is 1.69. The van der Waals surface area contributed by atoms with Crippen LogP contribution in [0.2, 0.25) is 0 Å². The lowest BCUT2D eigenvalue weighted by Crippen LogP contribution is -2.42. The van der Waals surface area contributed by atoms with Gasteiger partial charge in [-0.1, -0.05) is 48.5 Å². The predicted octanol–water partition coefficient (Wildman–Crippen LogP) is 1.93. The fourth-order valence-electron chi connectivity index (χ4n) is 3.31. The molecule has 1 amide bonds. The summed E-state index contributed by atoms with van der Waals surface area (Å²) in [5, 5.41) is 11.6. The van der Waals surface area contributed by atoms with E-state index in [9.17, 15) is 18.3 Å².